The zero-order valence-electron chi connectivity index (χ0n) is 11.1. The Morgan fingerprint density at radius 2 is 2.00 bits per heavy atom. The summed E-state index contributed by atoms with van der Waals surface area (Å²) in [6.45, 7) is 2.83. The van der Waals surface area contributed by atoms with Crippen molar-refractivity contribution < 1.29 is 4.79 Å². The SMILES string of the molecule is Cc1cccc(CN(C)c2ccc(Cl)cc2C=O)c1. The lowest BCUT2D eigenvalue weighted by Gasteiger charge is -2.21. The van der Waals surface area contributed by atoms with E-state index in [0.29, 0.717) is 10.6 Å². The van der Waals surface area contributed by atoms with Gasteiger partial charge in [0, 0.05) is 29.9 Å². The van der Waals surface area contributed by atoms with Gasteiger partial charge in [0.15, 0.2) is 6.29 Å². The van der Waals surface area contributed by atoms with Crippen molar-refractivity contribution in [2.45, 2.75) is 13.5 Å². The Hall–Kier alpha value is -1.80. The molecule has 2 aromatic rings. The molecule has 0 bridgehead atoms. The molecule has 2 rings (SSSR count). The van der Waals surface area contributed by atoms with Gasteiger partial charge in [0.05, 0.1) is 0 Å². The number of aldehydes is 1. The zero-order chi connectivity index (χ0) is 13.8. The summed E-state index contributed by atoms with van der Waals surface area (Å²) in [5.41, 5.74) is 3.95. The average molecular weight is 274 g/mol. The molecule has 3 heteroatoms. The Bertz CT molecular complexity index is 595. The first-order chi connectivity index (χ1) is 9.10. The van der Waals surface area contributed by atoms with Crippen LogP contribution in [-0.4, -0.2) is 13.3 Å². The molecule has 2 aromatic carbocycles. The molecule has 0 saturated heterocycles. The molecule has 0 aliphatic heterocycles. The second kappa shape index (κ2) is 5.89. The lowest BCUT2D eigenvalue weighted by Crippen LogP contribution is -2.18. The maximum Gasteiger partial charge on any atom is 0.152 e. The predicted molar refractivity (Wildman–Crippen MR) is 80.1 cm³/mol. The van der Waals surface area contributed by atoms with Crippen LogP contribution in [0.3, 0.4) is 0 Å². The van der Waals surface area contributed by atoms with Gasteiger partial charge in [-0.2, -0.15) is 0 Å². The number of hydrogen-bond acceptors (Lipinski definition) is 2. The van der Waals surface area contributed by atoms with Crippen LogP contribution in [0.15, 0.2) is 42.5 Å². The minimum Gasteiger partial charge on any atom is -0.370 e. The molecular weight excluding hydrogens is 258 g/mol. The maximum atomic E-state index is 11.1. The Morgan fingerprint density at radius 3 is 2.68 bits per heavy atom. The minimum absolute atomic E-state index is 0.579. The number of rotatable bonds is 4. The highest BCUT2D eigenvalue weighted by Gasteiger charge is 2.08. The van der Waals surface area contributed by atoms with E-state index >= 15 is 0 Å². The first-order valence-electron chi connectivity index (χ1n) is 6.11. The van der Waals surface area contributed by atoms with Gasteiger partial charge in [0.25, 0.3) is 0 Å². The zero-order valence-corrected chi connectivity index (χ0v) is 11.8. The number of hydrogen-bond donors (Lipinski definition) is 0. The summed E-state index contributed by atoms with van der Waals surface area (Å²) in [5.74, 6) is 0. The van der Waals surface area contributed by atoms with Crippen molar-refractivity contribution in [1.82, 2.24) is 0 Å². The van der Waals surface area contributed by atoms with Gasteiger partial charge in [0.2, 0.25) is 0 Å². The van der Waals surface area contributed by atoms with Crippen molar-refractivity contribution in [3.63, 3.8) is 0 Å². The highest BCUT2D eigenvalue weighted by Crippen LogP contribution is 2.23. The van der Waals surface area contributed by atoms with Gasteiger partial charge in [-0.1, -0.05) is 41.4 Å². The third kappa shape index (κ3) is 3.36. The van der Waals surface area contributed by atoms with Crippen molar-refractivity contribution in [2.75, 3.05) is 11.9 Å². The van der Waals surface area contributed by atoms with E-state index in [1.54, 1.807) is 12.1 Å². The van der Waals surface area contributed by atoms with Gasteiger partial charge in [-0.3, -0.25) is 4.79 Å². The van der Waals surface area contributed by atoms with Gasteiger partial charge in [-0.05, 0) is 30.7 Å². The van der Waals surface area contributed by atoms with E-state index in [-0.39, 0.29) is 0 Å². The molecule has 0 atom stereocenters. The Kier molecular flexibility index (Phi) is 4.23. The number of anilines is 1. The predicted octanol–water partition coefficient (Wildman–Crippen LogP) is 4.10. The third-order valence-corrected chi connectivity index (χ3v) is 3.27. The van der Waals surface area contributed by atoms with Crippen LogP contribution in [0.4, 0.5) is 5.69 Å². The van der Waals surface area contributed by atoms with Gasteiger partial charge in [-0.15, -0.1) is 0 Å². The lowest BCUT2D eigenvalue weighted by atomic mass is 10.1. The van der Waals surface area contributed by atoms with E-state index in [0.717, 1.165) is 18.5 Å². The largest absolute Gasteiger partial charge is 0.370 e. The van der Waals surface area contributed by atoms with Gasteiger partial charge in [0.1, 0.15) is 0 Å². The molecule has 0 heterocycles. The summed E-state index contributed by atoms with van der Waals surface area (Å²) in [6, 6.07) is 13.7. The fourth-order valence-corrected chi connectivity index (χ4v) is 2.32. The summed E-state index contributed by atoms with van der Waals surface area (Å²) in [4.78, 5) is 13.2. The summed E-state index contributed by atoms with van der Waals surface area (Å²) < 4.78 is 0. The highest BCUT2D eigenvalue weighted by molar-refractivity contribution is 6.31. The van der Waals surface area contributed by atoms with Crippen molar-refractivity contribution in [3.8, 4) is 0 Å². The summed E-state index contributed by atoms with van der Waals surface area (Å²) >= 11 is 5.90. The molecule has 0 amide bonds. The summed E-state index contributed by atoms with van der Waals surface area (Å²) in [7, 11) is 1.97. The summed E-state index contributed by atoms with van der Waals surface area (Å²) in [5, 5.41) is 0.579. The third-order valence-electron chi connectivity index (χ3n) is 3.03. The van der Waals surface area contributed by atoms with E-state index in [2.05, 4.69) is 30.0 Å². The molecule has 19 heavy (non-hydrogen) atoms. The van der Waals surface area contributed by atoms with Gasteiger partial charge in [-0.25, -0.2) is 0 Å². The fraction of sp³-hybridized carbons (Fsp3) is 0.188. The van der Waals surface area contributed by atoms with Crippen molar-refractivity contribution >= 4 is 23.6 Å². The number of aryl methyl sites for hydroxylation is 1. The smallest absolute Gasteiger partial charge is 0.152 e. The fourth-order valence-electron chi connectivity index (χ4n) is 2.14. The topological polar surface area (TPSA) is 20.3 Å². The normalized spacial score (nSPS) is 10.3. The van der Waals surface area contributed by atoms with E-state index < -0.39 is 0 Å². The Morgan fingerprint density at radius 1 is 1.21 bits per heavy atom. The molecule has 0 unspecified atom stereocenters. The number of carbonyl (C=O) groups is 1. The second-order valence-corrected chi connectivity index (χ2v) is 5.10. The van der Waals surface area contributed by atoms with Crippen molar-refractivity contribution in [2.24, 2.45) is 0 Å². The molecule has 0 N–H and O–H groups in total. The van der Waals surface area contributed by atoms with Crippen LogP contribution >= 0.6 is 11.6 Å². The lowest BCUT2D eigenvalue weighted by molar-refractivity contribution is 0.112. The van der Waals surface area contributed by atoms with E-state index in [1.807, 2.05) is 19.2 Å². The molecular formula is C16H16ClNO. The van der Waals surface area contributed by atoms with E-state index in [1.165, 1.54) is 11.1 Å². The molecule has 98 valence electrons. The minimum atomic E-state index is 0.579. The van der Waals surface area contributed by atoms with Crippen molar-refractivity contribution in [3.05, 3.63) is 64.2 Å². The maximum absolute atomic E-state index is 11.1. The first kappa shape index (κ1) is 13.6. The molecule has 0 spiro atoms. The molecule has 0 aliphatic carbocycles. The van der Waals surface area contributed by atoms with Crippen LogP contribution in [0.25, 0.3) is 0 Å². The molecule has 0 aliphatic rings. The van der Waals surface area contributed by atoms with E-state index in [4.69, 9.17) is 11.6 Å². The van der Waals surface area contributed by atoms with Crippen LogP contribution in [0.2, 0.25) is 5.02 Å². The highest BCUT2D eigenvalue weighted by atomic mass is 35.5. The molecule has 0 fully saturated rings. The van der Waals surface area contributed by atoms with Crippen LogP contribution in [-0.2, 0) is 6.54 Å². The molecule has 2 nitrogen and oxygen atoms in total. The first-order valence-corrected chi connectivity index (χ1v) is 6.49. The molecule has 0 aromatic heterocycles. The van der Waals surface area contributed by atoms with Gasteiger partial charge < -0.3 is 4.90 Å². The van der Waals surface area contributed by atoms with E-state index in [9.17, 15) is 4.79 Å². The number of halogens is 1. The Labute approximate surface area is 118 Å². The van der Waals surface area contributed by atoms with Gasteiger partial charge >= 0.3 is 0 Å². The molecule has 0 saturated carbocycles. The number of nitrogens with zero attached hydrogens (tertiary/aromatic N) is 1. The summed E-state index contributed by atoms with van der Waals surface area (Å²) in [6.07, 6.45) is 0.841. The average Bonchev–Trinajstić information content (AvgIpc) is 2.38. The quantitative estimate of drug-likeness (QED) is 0.782. The van der Waals surface area contributed by atoms with Crippen LogP contribution in [0.5, 0.6) is 0 Å². The number of carbonyl (C=O) groups excluding carboxylic acids is 1. The monoisotopic (exact) mass is 273 g/mol. The number of benzene rings is 2. The molecule has 0 radical (unpaired) electrons. The standard InChI is InChI=1S/C16H16ClNO/c1-12-4-3-5-13(8-12)10-18(2)16-7-6-15(17)9-14(16)11-19/h3-9,11H,10H2,1-2H3. The Balaban J connectivity index is 2.24. The van der Waals surface area contributed by atoms with Crippen LogP contribution in [0.1, 0.15) is 21.5 Å². The second-order valence-electron chi connectivity index (χ2n) is 4.67. The van der Waals surface area contributed by atoms with Crippen molar-refractivity contribution in [1.29, 1.82) is 0 Å². The van der Waals surface area contributed by atoms with Crippen LogP contribution < -0.4 is 4.90 Å². The van der Waals surface area contributed by atoms with Crippen LogP contribution in [0, 0.1) is 6.92 Å².